The van der Waals surface area contributed by atoms with Crippen molar-refractivity contribution in [1.29, 1.82) is 0 Å². The highest BCUT2D eigenvalue weighted by molar-refractivity contribution is 5.84. The Balaban J connectivity index is 4.09. The number of carboxylic acids is 1. The molecule has 0 aromatic carbocycles. The predicted molar refractivity (Wildman–Crippen MR) is 44.6 cm³/mol. The van der Waals surface area contributed by atoms with Crippen molar-refractivity contribution in [3.05, 3.63) is 0 Å². The van der Waals surface area contributed by atoms with Gasteiger partial charge in [0, 0.05) is 12.5 Å². The first-order valence-electron chi connectivity index (χ1n) is 4.01. The summed E-state index contributed by atoms with van der Waals surface area (Å²) in [5, 5.41) is 11.2. The first kappa shape index (κ1) is 10.9. The highest BCUT2D eigenvalue weighted by atomic mass is 16.4. The van der Waals surface area contributed by atoms with E-state index in [-0.39, 0.29) is 5.91 Å². The minimum Gasteiger partial charge on any atom is -0.481 e. The minimum absolute atomic E-state index is 0.201. The quantitative estimate of drug-likeness (QED) is 0.649. The molecule has 70 valence electrons. The summed E-state index contributed by atoms with van der Waals surface area (Å²) < 4.78 is 0. The minimum atomic E-state index is -0.936. The third-order valence-corrected chi connectivity index (χ3v) is 1.90. The molecule has 2 N–H and O–H groups in total. The van der Waals surface area contributed by atoms with Crippen molar-refractivity contribution in [2.75, 3.05) is 6.54 Å². The molecule has 0 aliphatic heterocycles. The van der Waals surface area contributed by atoms with Crippen LogP contribution < -0.4 is 5.32 Å². The molecular formula is C8H15NO3. The molecule has 1 unspecified atom stereocenters. The molecule has 1 amide bonds. The van der Waals surface area contributed by atoms with Crippen LogP contribution in [0.3, 0.4) is 0 Å². The number of amides is 1. The number of rotatable bonds is 4. The van der Waals surface area contributed by atoms with Gasteiger partial charge in [-0.15, -0.1) is 0 Å². The third kappa shape index (κ3) is 2.90. The van der Waals surface area contributed by atoms with E-state index in [1.165, 1.54) is 6.92 Å². The zero-order chi connectivity index (χ0) is 9.72. The van der Waals surface area contributed by atoms with Crippen molar-refractivity contribution in [2.45, 2.75) is 20.8 Å². The fraction of sp³-hybridized carbons (Fsp3) is 0.750. The van der Waals surface area contributed by atoms with Crippen LogP contribution in [0, 0.1) is 11.8 Å². The number of hydrogen-bond donors (Lipinski definition) is 2. The van der Waals surface area contributed by atoms with Gasteiger partial charge in [0.05, 0.1) is 5.92 Å². The van der Waals surface area contributed by atoms with Crippen LogP contribution in [0.4, 0.5) is 0 Å². The van der Waals surface area contributed by atoms with E-state index < -0.39 is 17.8 Å². The SMILES string of the molecule is CCNC(=O)C(C)[C@@H](C)C(=O)O. The Labute approximate surface area is 72.0 Å². The molecule has 0 spiro atoms. The summed E-state index contributed by atoms with van der Waals surface area (Å²) in [7, 11) is 0. The van der Waals surface area contributed by atoms with Crippen molar-refractivity contribution >= 4 is 11.9 Å². The Morgan fingerprint density at radius 3 is 2.17 bits per heavy atom. The van der Waals surface area contributed by atoms with E-state index in [1.807, 2.05) is 0 Å². The van der Waals surface area contributed by atoms with Crippen LogP contribution in [-0.4, -0.2) is 23.5 Å². The molecule has 2 atom stereocenters. The average Bonchev–Trinajstić information content (AvgIpc) is 2.02. The highest BCUT2D eigenvalue weighted by Gasteiger charge is 2.24. The van der Waals surface area contributed by atoms with Gasteiger partial charge in [0.25, 0.3) is 0 Å². The summed E-state index contributed by atoms with van der Waals surface area (Å²) in [6.45, 7) is 5.48. The first-order chi connectivity index (χ1) is 5.50. The molecule has 0 aliphatic rings. The molecule has 0 heterocycles. The summed E-state index contributed by atoms with van der Waals surface area (Å²) in [5.74, 6) is -2.24. The lowest BCUT2D eigenvalue weighted by Crippen LogP contribution is -2.34. The highest BCUT2D eigenvalue weighted by Crippen LogP contribution is 2.10. The van der Waals surface area contributed by atoms with Crippen LogP contribution in [0.5, 0.6) is 0 Å². The Morgan fingerprint density at radius 1 is 1.33 bits per heavy atom. The van der Waals surface area contributed by atoms with Crippen molar-refractivity contribution in [3.8, 4) is 0 Å². The van der Waals surface area contributed by atoms with Gasteiger partial charge in [-0.2, -0.15) is 0 Å². The molecule has 0 aromatic heterocycles. The fourth-order valence-corrected chi connectivity index (χ4v) is 0.776. The first-order valence-corrected chi connectivity index (χ1v) is 4.01. The Bertz CT molecular complexity index is 179. The van der Waals surface area contributed by atoms with Crippen LogP contribution >= 0.6 is 0 Å². The van der Waals surface area contributed by atoms with Gasteiger partial charge in [-0.3, -0.25) is 9.59 Å². The van der Waals surface area contributed by atoms with Gasteiger partial charge in [0.2, 0.25) is 5.91 Å². The number of nitrogens with one attached hydrogen (secondary N) is 1. The van der Waals surface area contributed by atoms with Gasteiger partial charge in [0.1, 0.15) is 0 Å². The van der Waals surface area contributed by atoms with Crippen molar-refractivity contribution in [1.82, 2.24) is 5.32 Å². The lowest BCUT2D eigenvalue weighted by atomic mass is 9.95. The number of carbonyl (C=O) groups excluding carboxylic acids is 1. The summed E-state index contributed by atoms with van der Waals surface area (Å²) in [5.41, 5.74) is 0. The monoisotopic (exact) mass is 173 g/mol. The van der Waals surface area contributed by atoms with Crippen LogP contribution in [-0.2, 0) is 9.59 Å². The molecule has 0 fully saturated rings. The van der Waals surface area contributed by atoms with E-state index in [0.29, 0.717) is 6.54 Å². The van der Waals surface area contributed by atoms with Gasteiger partial charge in [-0.05, 0) is 6.92 Å². The maximum absolute atomic E-state index is 11.1. The van der Waals surface area contributed by atoms with Gasteiger partial charge in [-0.1, -0.05) is 13.8 Å². The van der Waals surface area contributed by atoms with Gasteiger partial charge in [-0.25, -0.2) is 0 Å². The van der Waals surface area contributed by atoms with Crippen LogP contribution in [0.2, 0.25) is 0 Å². The van der Waals surface area contributed by atoms with E-state index in [0.717, 1.165) is 0 Å². The van der Waals surface area contributed by atoms with E-state index in [9.17, 15) is 9.59 Å². The molecule has 0 saturated heterocycles. The molecule has 0 rings (SSSR count). The maximum atomic E-state index is 11.1. The lowest BCUT2D eigenvalue weighted by Gasteiger charge is -2.14. The summed E-state index contributed by atoms with van der Waals surface area (Å²) in [4.78, 5) is 21.6. The molecule has 0 aliphatic carbocycles. The largest absolute Gasteiger partial charge is 0.481 e. The molecule has 4 nitrogen and oxygen atoms in total. The summed E-state index contributed by atoms with van der Waals surface area (Å²) in [6, 6.07) is 0. The Kier molecular flexibility index (Phi) is 4.33. The number of carbonyl (C=O) groups is 2. The van der Waals surface area contributed by atoms with Crippen LogP contribution in [0.15, 0.2) is 0 Å². The second kappa shape index (κ2) is 4.74. The zero-order valence-electron chi connectivity index (χ0n) is 7.63. The van der Waals surface area contributed by atoms with Gasteiger partial charge in [0.15, 0.2) is 0 Å². The summed E-state index contributed by atoms with van der Waals surface area (Å²) in [6.07, 6.45) is 0. The molecule has 0 radical (unpaired) electrons. The van der Waals surface area contributed by atoms with E-state index in [1.54, 1.807) is 13.8 Å². The molecule has 4 heteroatoms. The normalized spacial score (nSPS) is 14.9. The molecule has 0 aromatic rings. The van der Waals surface area contributed by atoms with E-state index in [4.69, 9.17) is 5.11 Å². The van der Waals surface area contributed by atoms with Crippen molar-refractivity contribution in [2.24, 2.45) is 11.8 Å². The maximum Gasteiger partial charge on any atom is 0.307 e. The average molecular weight is 173 g/mol. The molecule has 12 heavy (non-hydrogen) atoms. The number of hydrogen-bond acceptors (Lipinski definition) is 2. The predicted octanol–water partition coefficient (Wildman–Crippen LogP) is 0.479. The third-order valence-electron chi connectivity index (χ3n) is 1.90. The van der Waals surface area contributed by atoms with Gasteiger partial charge >= 0.3 is 5.97 Å². The van der Waals surface area contributed by atoms with Crippen LogP contribution in [0.25, 0.3) is 0 Å². The van der Waals surface area contributed by atoms with E-state index in [2.05, 4.69) is 5.32 Å². The second-order valence-corrected chi connectivity index (χ2v) is 2.81. The van der Waals surface area contributed by atoms with E-state index >= 15 is 0 Å². The molecular weight excluding hydrogens is 158 g/mol. The zero-order valence-corrected chi connectivity index (χ0v) is 7.63. The number of aliphatic carboxylic acids is 1. The second-order valence-electron chi connectivity index (χ2n) is 2.81. The summed E-state index contributed by atoms with van der Waals surface area (Å²) >= 11 is 0. The van der Waals surface area contributed by atoms with Crippen molar-refractivity contribution in [3.63, 3.8) is 0 Å². The Morgan fingerprint density at radius 2 is 1.83 bits per heavy atom. The fourth-order valence-electron chi connectivity index (χ4n) is 0.776. The van der Waals surface area contributed by atoms with Crippen LogP contribution in [0.1, 0.15) is 20.8 Å². The number of carboxylic acid groups (broad SMARTS) is 1. The van der Waals surface area contributed by atoms with Crippen molar-refractivity contribution < 1.29 is 14.7 Å². The Hall–Kier alpha value is -1.06. The lowest BCUT2D eigenvalue weighted by molar-refractivity contribution is -0.146. The molecule has 0 saturated carbocycles. The molecule has 0 bridgehead atoms. The standard InChI is InChI=1S/C8H15NO3/c1-4-9-7(10)5(2)6(3)8(11)12/h5-6H,4H2,1-3H3,(H,9,10)(H,11,12)/t5?,6-/m1/s1. The topological polar surface area (TPSA) is 66.4 Å². The smallest absolute Gasteiger partial charge is 0.307 e. The van der Waals surface area contributed by atoms with Gasteiger partial charge < -0.3 is 10.4 Å².